The lowest BCUT2D eigenvalue weighted by molar-refractivity contribution is 0.0599. The summed E-state index contributed by atoms with van der Waals surface area (Å²) >= 11 is 0. The zero-order valence-corrected chi connectivity index (χ0v) is 13.7. The fraction of sp³-hybridized carbons (Fsp3) is 0.389. The minimum absolute atomic E-state index is 0.356. The molecule has 0 aliphatic heterocycles. The van der Waals surface area contributed by atoms with Crippen molar-refractivity contribution < 1.29 is 13.9 Å². The first-order chi connectivity index (χ1) is 10.5. The van der Waals surface area contributed by atoms with Crippen LogP contribution in [0.4, 0.5) is 0 Å². The highest BCUT2D eigenvalue weighted by Crippen LogP contribution is 2.18. The molecule has 2 aromatic rings. The number of ether oxygens (including phenoxy) is 1. The van der Waals surface area contributed by atoms with Crippen LogP contribution in [0.1, 0.15) is 39.9 Å². The molecule has 0 saturated heterocycles. The summed E-state index contributed by atoms with van der Waals surface area (Å²) < 4.78 is 10.4. The molecular formula is C18H23NO3. The Bertz CT molecular complexity index is 628. The van der Waals surface area contributed by atoms with Gasteiger partial charge in [-0.15, -0.1) is 0 Å². The molecule has 0 spiro atoms. The summed E-state index contributed by atoms with van der Waals surface area (Å²) in [5, 5.41) is 0. The van der Waals surface area contributed by atoms with Crippen LogP contribution in [0.3, 0.4) is 0 Å². The molecule has 0 radical (unpaired) electrons. The average Bonchev–Trinajstić information content (AvgIpc) is 2.87. The average molecular weight is 301 g/mol. The first-order valence-electron chi connectivity index (χ1n) is 7.47. The Labute approximate surface area is 131 Å². The summed E-state index contributed by atoms with van der Waals surface area (Å²) in [7, 11) is 3.41. The van der Waals surface area contributed by atoms with Gasteiger partial charge in [0.25, 0.3) is 0 Å². The number of esters is 1. The normalized spacial score (nSPS) is 11.0. The van der Waals surface area contributed by atoms with Gasteiger partial charge < -0.3 is 9.15 Å². The monoisotopic (exact) mass is 301 g/mol. The van der Waals surface area contributed by atoms with Crippen molar-refractivity contribution in [3.63, 3.8) is 0 Å². The second-order valence-electron chi connectivity index (χ2n) is 5.52. The zero-order chi connectivity index (χ0) is 16.1. The highest BCUT2D eigenvalue weighted by atomic mass is 16.5. The van der Waals surface area contributed by atoms with E-state index in [0.29, 0.717) is 17.9 Å². The van der Waals surface area contributed by atoms with E-state index < -0.39 is 0 Å². The lowest BCUT2D eigenvalue weighted by atomic mass is 10.1. The molecule has 2 rings (SSSR count). The predicted octanol–water partition coefficient (Wildman–Crippen LogP) is 3.57. The van der Waals surface area contributed by atoms with Crippen molar-refractivity contribution in [1.82, 2.24) is 4.90 Å². The van der Waals surface area contributed by atoms with Crippen LogP contribution < -0.4 is 0 Å². The van der Waals surface area contributed by atoms with Gasteiger partial charge in [-0.25, -0.2) is 4.79 Å². The fourth-order valence-electron chi connectivity index (χ4n) is 2.45. The van der Waals surface area contributed by atoms with Crippen molar-refractivity contribution in [2.24, 2.45) is 0 Å². The molecule has 0 aliphatic rings. The van der Waals surface area contributed by atoms with Gasteiger partial charge in [0.2, 0.25) is 0 Å². The number of methoxy groups -OCH3 is 1. The topological polar surface area (TPSA) is 42.7 Å². The maximum atomic E-state index is 11.6. The van der Waals surface area contributed by atoms with E-state index in [0.717, 1.165) is 18.7 Å². The Morgan fingerprint density at radius 2 is 1.82 bits per heavy atom. The molecule has 0 fully saturated rings. The van der Waals surface area contributed by atoms with Crippen LogP contribution in [0.5, 0.6) is 0 Å². The number of aryl methyl sites for hydroxylation is 2. The van der Waals surface area contributed by atoms with Crippen molar-refractivity contribution in [1.29, 1.82) is 0 Å². The van der Waals surface area contributed by atoms with E-state index in [1.54, 1.807) is 13.0 Å². The van der Waals surface area contributed by atoms with Gasteiger partial charge in [-0.3, -0.25) is 4.90 Å². The molecule has 1 heterocycles. The molecule has 0 N–H and O–H groups in total. The van der Waals surface area contributed by atoms with Gasteiger partial charge in [0, 0.05) is 6.54 Å². The smallest absolute Gasteiger partial charge is 0.341 e. The number of hydrogen-bond donors (Lipinski definition) is 0. The number of rotatable bonds is 6. The quantitative estimate of drug-likeness (QED) is 0.765. The van der Waals surface area contributed by atoms with Crippen molar-refractivity contribution in [2.75, 3.05) is 14.2 Å². The summed E-state index contributed by atoms with van der Waals surface area (Å²) in [6, 6.07) is 10.4. The maximum absolute atomic E-state index is 11.6. The minimum atomic E-state index is -0.356. The van der Waals surface area contributed by atoms with Crippen LogP contribution in [-0.2, 0) is 24.2 Å². The second kappa shape index (κ2) is 7.27. The summed E-state index contributed by atoms with van der Waals surface area (Å²) in [6.07, 6.45) is 1.05. The predicted molar refractivity (Wildman–Crippen MR) is 85.8 cm³/mol. The lowest BCUT2D eigenvalue weighted by Crippen LogP contribution is -2.16. The molecule has 0 unspecified atom stereocenters. The fourth-order valence-corrected chi connectivity index (χ4v) is 2.45. The number of hydrogen-bond acceptors (Lipinski definition) is 4. The molecule has 1 aromatic heterocycles. The third-order valence-corrected chi connectivity index (χ3v) is 3.68. The van der Waals surface area contributed by atoms with Crippen molar-refractivity contribution in [3.05, 3.63) is 58.5 Å². The van der Waals surface area contributed by atoms with E-state index in [-0.39, 0.29) is 5.97 Å². The first-order valence-corrected chi connectivity index (χ1v) is 7.47. The number of benzene rings is 1. The number of nitrogens with zero attached hydrogens (tertiary/aromatic N) is 1. The van der Waals surface area contributed by atoms with E-state index >= 15 is 0 Å². The standard InChI is InChI=1S/C18H23NO3/c1-5-14-6-8-15(9-7-14)11-19(3)12-16-10-17(13(2)22-16)18(20)21-4/h6-10H,5,11-12H2,1-4H3. The van der Waals surface area contributed by atoms with E-state index in [2.05, 4.69) is 36.1 Å². The molecule has 1 aromatic carbocycles. The number of furan rings is 1. The Kier molecular flexibility index (Phi) is 5.39. The number of carbonyl (C=O) groups is 1. The van der Waals surface area contributed by atoms with Crippen LogP contribution in [-0.4, -0.2) is 25.0 Å². The first kappa shape index (κ1) is 16.3. The molecule has 118 valence electrons. The lowest BCUT2D eigenvalue weighted by Gasteiger charge is -2.15. The summed E-state index contributed by atoms with van der Waals surface area (Å²) in [4.78, 5) is 13.7. The highest BCUT2D eigenvalue weighted by molar-refractivity contribution is 5.90. The van der Waals surface area contributed by atoms with Gasteiger partial charge in [0.05, 0.1) is 13.7 Å². The van der Waals surface area contributed by atoms with Gasteiger partial charge in [-0.2, -0.15) is 0 Å². The van der Waals surface area contributed by atoms with E-state index in [9.17, 15) is 4.79 Å². The SMILES string of the molecule is CCc1ccc(CN(C)Cc2cc(C(=O)OC)c(C)o2)cc1. The van der Waals surface area contributed by atoms with Crippen LogP contribution in [0, 0.1) is 6.92 Å². The molecule has 0 aliphatic carbocycles. The maximum Gasteiger partial charge on any atom is 0.341 e. The molecule has 0 amide bonds. The van der Waals surface area contributed by atoms with Crippen LogP contribution in [0.2, 0.25) is 0 Å². The molecule has 0 atom stereocenters. The van der Waals surface area contributed by atoms with E-state index in [1.165, 1.54) is 18.2 Å². The number of carbonyl (C=O) groups excluding carboxylic acids is 1. The van der Waals surface area contributed by atoms with Gasteiger partial charge in [-0.1, -0.05) is 31.2 Å². The second-order valence-corrected chi connectivity index (χ2v) is 5.52. The summed E-state index contributed by atoms with van der Waals surface area (Å²) in [5.74, 6) is 1.01. The van der Waals surface area contributed by atoms with Crippen LogP contribution >= 0.6 is 0 Å². The largest absolute Gasteiger partial charge is 0.465 e. The third-order valence-electron chi connectivity index (χ3n) is 3.68. The molecule has 4 heteroatoms. The Morgan fingerprint density at radius 3 is 2.41 bits per heavy atom. The van der Waals surface area contributed by atoms with Crippen molar-refractivity contribution >= 4 is 5.97 Å². The van der Waals surface area contributed by atoms with Crippen LogP contribution in [0.15, 0.2) is 34.7 Å². The molecular weight excluding hydrogens is 278 g/mol. The molecule has 22 heavy (non-hydrogen) atoms. The molecule has 4 nitrogen and oxygen atoms in total. The molecule has 0 saturated carbocycles. The highest BCUT2D eigenvalue weighted by Gasteiger charge is 2.16. The van der Waals surface area contributed by atoms with Gasteiger partial charge in [0.1, 0.15) is 17.1 Å². The minimum Gasteiger partial charge on any atom is -0.465 e. The van der Waals surface area contributed by atoms with Gasteiger partial charge in [0.15, 0.2) is 0 Å². The van der Waals surface area contributed by atoms with E-state index in [4.69, 9.17) is 9.15 Å². The summed E-state index contributed by atoms with van der Waals surface area (Å²) in [6.45, 7) is 5.41. The third kappa shape index (κ3) is 3.98. The van der Waals surface area contributed by atoms with E-state index in [1.807, 2.05) is 7.05 Å². The van der Waals surface area contributed by atoms with Gasteiger partial charge in [-0.05, 0) is 37.6 Å². The van der Waals surface area contributed by atoms with Crippen molar-refractivity contribution in [3.8, 4) is 0 Å². The van der Waals surface area contributed by atoms with Crippen molar-refractivity contribution in [2.45, 2.75) is 33.4 Å². The Balaban J connectivity index is 1.99. The van der Waals surface area contributed by atoms with Crippen LogP contribution in [0.25, 0.3) is 0 Å². The Hall–Kier alpha value is -2.07. The zero-order valence-electron chi connectivity index (χ0n) is 13.7. The summed E-state index contributed by atoms with van der Waals surface area (Å²) in [5.41, 5.74) is 3.10. The molecule has 0 bridgehead atoms. The Morgan fingerprint density at radius 1 is 1.18 bits per heavy atom. The van der Waals surface area contributed by atoms with Gasteiger partial charge >= 0.3 is 5.97 Å².